The lowest BCUT2D eigenvalue weighted by atomic mass is 10.2. The summed E-state index contributed by atoms with van der Waals surface area (Å²) in [4.78, 5) is 13.3. The molecule has 1 amide bonds. The van der Waals surface area contributed by atoms with Gasteiger partial charge in [0, 0.05) is 17.2 Å². The molecule has 7 heteroatoms. The fraction of sp³-hybridized carbons (Fsp3) is 0.125. The number of carbonyl (C=O) groups excluding carboxylic acids is 1. The first-order valence-corrected chi connectivity index (χ1v) is 8.99. The largest absolute Gasteiger partial charge is 0.350 e. The highest BCUT2D eigenvalue weighted by atomic mass is 79.9. The van der Waals surface area contributed by atoms with E-state index in [4.69, 9.17) is 11.6 Å². The van der Waals surface area contributed by atoms with Gasteiger partial charge in [-0.05, 0) is 35.7 Å². The minimum Gasteiger partial charge on any atom is -0.350 e. The maximum Gasteiger partial charge on any atom is 0.252 e. The molecule has 4 nitrogen and oxygen atoms in total. The zero-order valence-corrected chi connectivity index (χ0v) is 15.2. The SMILES string of the molecule is O=C(NCCn1ccc(-c2cccs2)n1)c1cc(Br)ccc1Cl. The monoisotopic (exact) mass is 409 g/mol. The smallest absolute Gasteiger partial charge is 0.252 e. The van der Waals surface area contributed by atoms with Gasteiger partial charge in [0.05, 0.1) is 22.0 Å². The second kappa shape index (κ2) is 7.29. The Kier molecular flexibility index (Phi) is 5.15. The average molecular weight is 411 g/mol. The van der Waals surface area contributed by atoms with E-state index in [2.05, 4.69) is 26.3 Å². The van der Waals surface area contributed by atoms with Gasteiger partial charge in [-0.15, -0.1) is 11.3 Å². The molecule has 3 rings (SSSR count). The normalized spacial score (nSPS) is 10.7. The summed E-state index contributed by atoms with van der Waals surface area (Å²) in [6.07, 6.45) is 1.91. The summed E-state index contributed by atoms with van der Waals surface area (Å²) < 4.78 is 2.64. The third-order valence-electron chi connectivity index (χ3n) is 3.21. The van der Waals surface area contributed by atoms with E-state index in [1.807, 2.05) is 34.5 Å². The van der Waals surface area contributed by atoms with E-state index in [1.165, 1.54) is 0 Å². The summed E-state index contributed by atoms with van der Waals surface area (Å²) in [6, 6.07) is 11.2. The molecule has 118 valence electrons. The summed E-state index contributed by atoms with van der Waals surface area (Å²) in [5.74, 6) is -0.193. The molecule has 0 aliphatic rings. The maximum absolute atomic E-state index is 12.2. The number of thiophene rings is 1. The van der Waals surface area contributed by atoms with Gasteiger partial charge >= 0.3 is 0 Å². The van der Waals surface area contributed by atoms with Gasteiger partial charge < -0.3 is 5.32 Å². The number of nitrogens with zero attached hydrogens (tertiary/aromatic N) is 2. The summed E-state index contributed by atoms with van der Waals surface area (Å²) in [5, 5.41) is 9.81. The number of rotatable bonds is 5. The van der Waals surface area contributed by atoms with Crippen molar-refractivity contribution in [1.82, 2.24) is 15.1 Å². The average Bonchev–Trinajstić information content (AvgIpc) is 3.20. The van der Waals surface area contributed by atoms with Gasteiger partial charge in [0.2, 0.25) is 0 Å². The maximum atomic E-state index is 12.2. The topological polar surface area (TPSA) is 46.9 Å². The standard InChI is InChI=1S/C16H13BrClN3OS/c17-11-3-4-13(18)12(10-11)16(22)19-6-8-21-7-5-14(20-21)15-2-1-9-23-15/h1-5,7,9-10H,6,8H2,(H,19,22). The van der Waals surface area contributed by atoms with Crippen LogP contribution in [0.1, 0.15) is 10.4 Å². The third kappa shape index (κ3) is 4.02. The van der Waals surface area contributed by atoms with E-state index < -0.39 is 0 Å². The first-order valence-electron chi connectivity index (χ1n) is 6.94. The Morgan fingerprint density at radius 2 is 2.22 bits per heavy atom. The van der Waals surface area contributed by atoms with Crippen LogP contribution in [0.15, 0.2) is 52.4 Å². The van der Waals surface area contributed by atoms with Gasteiger partial charge in [0.15, 0.2) is 0 Å². The van der Waals surface area contributed by atoms with E-state index in [-0.39, 0.29) is 5.91 Å². The van der Waals surface area contributed by atoms with E-state index in [9.17, 15) is 4.79 Å². The highest BCUT2D eigenvalue weighted by Gasteiger charge is 2.10. The van der Waals surface area contributed by atoms with Crippen LogP contribution in [0.5, 0.6) is 0 Å². The number of hydrogen-bond donors (Lipinski definition) is 1. The van der Waals surface area contributed by atoms with Crippen LogP contribution >= 0.6 is 38.9 Å². The van der Waals surface area contributed by atoms with Crippen molar-refractivity contribution in [2.24, 2.45) is 0 Å². The number of nitrogens with one attached hydrogen (secondary N) is 1. The van der Waals surface area contributed by atoms with E-state index in [1.54, 1.807) is 29.5 Å². The molecule has 0 saturated heterocycles. The van der Waals surface area contributed by atoms with Crippen LogP contribution < -0.4 is 5.32 Å². The van der Waals surface area contributed by atoms with Crippen LogP contribution in [-0.2, 0) is 6.54 Å². The molecule has 0 fully saturated rings. The molecule has 0 bridgehead atoms. The Hall–Kier alpha value is -1.63. The van der Waals surface area contributed by atoms with E-state index in [0.717, 1.165) is 15.0 Å². The zero-order valence-electron chi connectivity index (χ0n) is 12.0. The van der Waals surface area contributed by atoms with Gasteiger partial charge in [-0.2, -0.15) is 5.10 Å². The van der Waals surface area contributed by atoms with Crippen molar-refractivity contribution in [2.75, 3.05) is 6.54 Å². The molecular weight excluding hydrogens is 398 g/mol. The Labute approximate surface area is 151 Å². The summed E-state index contributed by atoms with van der Waals surface area (Å²) in [6.45, 7) is 1.08. The molecule has 1 aromatic carbocycles. The predicted molar refractivity (Wildman–Crippen MR) is 97.0 cm³/mol. The van der Waals surface area contributed by atoms with E-state index in [0.29, 0.717) is 23.7 Å². The van der Waals surface area contributed by atoms with Crippen molar-refractivity contribution in [3.8, 4) is 10.6 Å². The number of carbonyl (C=O) groups is 1. The number of hydrogen-bond acceptors (Lipinski definition) is 3. The highest BCUT2D eigenvalue weighted by molar-refractivity contribution is 9.10. The van der Waals surface area contributed by atoms with Crippen molar-refractivity contribution in [2.45, 2.75) is 6.54 Å². The molecule has 0 saturated carbocycles. The molecule has 1 N–H and O–H groups in total. The van der Waals surface area contributed by atoms with Gasteiger partial charge in [0.25, 0.3) is 5.91 Å². The quantitative estimate of drug-likeness (QED) is 0.675. The Morgan fingerprint density at radius 1 is 1.35 bits per heavy atom. The molecule has 23 heavy (non-hydrogen) atoms. The lowest BCUT2D eigenvalue weighted by molar-refractivity contribution is 0.0952. The predicted octanol–water partition coefficient (Wildman–Crippen LogP) is 4.46. The van der Waals surface area contributed by atoms with Crippen molar-refractivity contribution in [3.05, 3.63) is 63.0 Å². The number of aromatic nitrogens is 2. The van der Waals surface area contributed by atoms with Crippen molar-refractivity contribution < 1.29 is 4.79 Å². The summed E-state index contributed by atoms with van der Waals surface area (Å²) >= 11 is 11.0. The first-order chi connectivity index (χ1) is 11.1. The second-order valence-corrected chi connectivity index (χ2v) is 7.09. The molecule has 0 atom stereocenters. The Morgan fingerprint density at radius 3 is 3.00 bits per heavy atom. The first kappa shape index (κ1) is 16.2. The molecular formula is C16H13BrClN3OS. The van der Waals surface area contributed by atoms with Gasteiger partial charge in [0.1, 0.15) is 5.69 Å². The fourth-order valence-corrected chi connectivity index (χ4v) is 3.35. The van der Waals surface area contributed by atoms with Crippen molar-refractivity contribution in [3.63, 3.8) is 0 Å². The van der Waals surface area contributed by atoms with E-state index >= 15 is 0 Å². The molecule has 0 aliphatic heterocycles. The molecule has 2 aromatic heterocycles. The highest BCUT2D eigenvalue weighted by Crippen LogP contribution is 2.22. The fourth-order valence-electron chi connectivity index (χ4n) is 2.09. The third-order valence-corrected chi connectivity index (χ3v) is 4.93. The van der Waals surface area contributed by atoms with Crippen LogP contribution in [0.25, 0.3) is 10.6 Å². The van der Waals surface area contributed by atoms with Crippen LogP contribution in [0.2, 0.25) is 5.02 Å². The van der Waals surface area contributed by atoms with Gasteiger partial charge in [-0.1, -0.05) is 33.6 Å². The minimum atomic E-state index is -0.193. The molecule has 3 aromatic rings. The molecule has 0 aliphatic carbocycles. The van der Waals surface area contributed by atoms with Crippen molar-refractivity contribution >= 4 is 44.8 Å². The summed E-state index contributed by atoms with van der Waals surface area (Å²) in [5.41, 5.74) is 1.40. The Balaban J connectivity index is 1.57. The minimum absolute atomic E-state index is 0.193. The lowest BCUT2D eigenvalue weighted by Crippen LogP contribution is -2.27. The number of benzene rings is 1. The van der Waals surface area contributed by atoms with Crippen LogP contribution in [-0.4, -0.2) is 22.2 Å². The summed E-state index contributed by atoms with van der Waals surface area (Å²) in [7, 11) is 0. The van der Waals surface area contributed by atoms with Crippen LogP contribution in [0.4, 0.5) is 0 Å². The molecule has 0 spiro atoms. The lowest BCUT2D eigenvalue weighted by Gasteiger charge is -2.07. The van der Waals surface area contributed by atoms with Crippen molar-refractivity contribution in [1.29, 1.82) is 0 Å². The van der Waals surface area contributed by atoms with Crippen LogP contribution in [0.3, 0.4) is 0 Å². The molecule has 0 unspecified atom stereocenters. The molecule has 0 radical (unpaired) electrons. The second-order valence-electron chi connectivity index (χ2n) is 4.82. The Bertz CT molecular complexity index is 817. The molecule has 2 heterocycles. The van der Waals surface area contributed by atoms with Gasteiger partial charge in [-0.25, -0.2) is 0 Å². The number of halogens is 2. The zero-order chi connectivity index (χ0) is 16.2. The number of amides is 1. The van der Waals surface area contributed by atoms with Gasteiger partial charge in [-0.3, -0.25) is 9.48 Å². The van der Waals surface area contributed by atoms with Crippen LogP contribution in [0, 0.1) is 0 Å².